The molecule has 4 aliphatic carbocycles. The van der Waals surface area contributed by atoms with Gasteiger partial charge in [-0.2, -0.15) is 4.98 Å². The van der Waals surface area contributed by atoms with Crippen LogP contribution in [0.5, 0.6) is 0 Å². The van der Waals surface area contributed by atoms with E-state index in [9.17, 15) is 0 Å². The first-order valence-corrected chi connectivity index (χ1v) is 7.88. The standard InChI is InChI=1S/C15H21N3O/c1-2-16-12(1)13-17-14(18-19-13)15-6-9-3-10(7-15)5-11(4-9)8-15/h9-12,16H,1-8H2/t9?,10?,11?,12-,15?/m1/s1. The fraction of sp³-hybridized carbons (Fsp3) is 0.867. The van der Waals surface area contributed by atoms with Crippen molar-refractivity contribution in [2.24, 2.45) is 17.8 Å². The molecule has 1 N–H and O–H groups in total. The van der Waals surface area contributed by atoms with Gasteiger partial charge in [-0.3, -0.25) is 0 Å². The van der Waals surface area contributed by atoms with Crippen LogP contribution in [0.4, 0.5) is 0 Å². The van der Waals surface area contributed by atoms with Crippen LogP contribution in [0.1, 0.15) is 62.7 Å². The lowest BCUT2D eigenvalue weighted by atomic mass is 9.49. The average molecular weight is 259 g/mol. The van der Waals surface area contributed by atoms with Gasteiger partial charge >= 0.3 is 0 Å². The minimum atomic E-state index is 0.278. The number of nitrogens with zero attached hydrogens (tertiary/aromatic N) is 2. The van der Waals surface area contributed by atoms with Gasteiger partial charge in [0.15, 0.2) is 5.82 Å². The number of rotatable bonds is 2. The summed E-state index contributed by atoms with van der Waals surface area (Å²) >= 11 is 0. The zero-order chi connectivity index (χ0) is 12.4. The Morgan fingerprint density at radius 2 is 1.68 bits per heavy atom. The maximum atomic E-state index is 5.53. The second-order valence-corrected chi connectivity index (χ2v) is 7.45. The van der Waals surface area contributed by atoms with Crippen molar-refractivity contribution in [1.82, 2.24) is 15.5 Å². The maximum Gasteiger partial charge on any atom is 0.243 e. The van der Waals surface area contributed by atoms with Gasteiger partial charge in [-0.15, -0.1) is 0 Å². The third-order valence-electron chi connectivity index (χ3n) is 6.08. The molecule has 0 aromatic carbocycles. The van der Waals surface area contributed by atoms with Crippen LogP contribution in [-0.2, 0) is 5.41 Å². The third-order valence-corrected chi connectivity index (χ3v) is 6.08. The normalized spacial score (nSPS) is 47.4. The lowest BCUT2D eigenvalue weighted by molar-refractivity contribution is -0.0103. The van der Waals surface area contributed by atoms with Crippen molar-refractivity contribution >= 4 is 0 Å². The van der Waals surface area contributed by atoms with Gasteiger partial charge in [0, 0.05) is 5.41 Å². The number of aromatic nitrogens is 2. The molecule has 1 aromatic rings. The summed E-state index contributed by atoms with van der Waals surface area (Å²) < 4.78 is 5.53. The number of hydrogen-bond acceptors (Lipinski definition) is 4. The predicted molar refractivity (Wildman–Crippen MR) is 69.5 cm³/mol. The van der Waals surface area contributed by atoms with Gasteiger partial charge in [0.05, 0.1) is 6.04 Å². The summed E-state index contributed by atoms with van der Waals surface area (Å²) in [6, 6.07) is 0.329. The zero-order valence-electron chi connectivity index (χ0n) is 11.3. The molecular formula is C15H21N3O. The summed E-state index contributed by atoms with van der Waals surface area (Å²) in [5, 5.41) is 7.74. The molecule has 5 aliphatic rings. The van der Waals surface area contributed by atoms with E-state index in [0.29, 0.717) is 6.04 Å². The Kier molecular flexibility index (Phi) is 2.05. The molecule has 0 unspecified atom stereocenters. The summed E-state index contributed by atoms with van der Waals surface area (Å²) in [6.07, 6.45) is 9.49. The van der Waals surface area contributed by atoms with Crippen LogP contribution in [-0.4, -0.2) is 16.7 Å². The van der Waals surface area contributed by atoms with E-state index in [0.717, 1.165) is 42.4 Å². The first-order chi connectivity index (χ1) is 9.31. The van der Waals surface area contributed by atoms with Crippen molar-refractivity contribution in [3.05, 3.63) is 11.7 Å². The fourth-order valence-corrected chi connectivity index (χ4v) is 5.48. The smallest absolute Gasteiger partial charge is 0.243 e. The quantitative estimate of drug-likeness (QED) is 0.887. The van der Waals surface area contributed by atoms with Crippen LogP contribution in [0.2, 0.25) is 0 Å². The second kappa shape index (κ2) is 3.60. The van der Waals surface area contributed by atoms with E-state index < -0.39 is 0 Å². The first-order valence-electron chi connectivity index (χ1n) is 7.88. The van der Waals surface area contributed by atoms with Crippen LogP contribution in [0.25, 0.3) is 0 Å². The SMILES string of the molecule is C1C[C@H](c2nc(C34CC5CC(CC(C5)C3)C4)no2)N1. The minimum Gasteiger partial charge on any atom is -0.338 e. The van der Waals surface area contributed by atoms with E-state index in [1.165, 1.54) is 38.5 Å². The molecule has 4 bridgehead atoms. The molecule has 0 spiro atoms. The topological polar surface area (TPSA) is 51.0 Å². The lowest BCUT2D eigenvalue weighted by Gasteiger charge is -2.55. The van der Waals surface area contributed by atoms with Gasteiger partial charge in [0.1, 0.15) is 0 Å². The minimum absolute atomic E-state index is 0.278. The average Bonchev–Trinajstić information content (AvgIpc) is 2.74. The number of hydrogen-bond donors (Lipinski definition) is 1. The van der Waals surface area contributed by atoms with Crippen molar-refractivity contribution in [1.29, 1.82) is 0 Å². The van der Waals surface area contributed by atoms with E-state index in [1.807, 2.05) is 0 Å². The zero-order valence-corrected chi connectivity index (χ0v) is 11.3. The number of nitrogens with one attached hydrogen (secondary N) is 1. The molecule has 2 heterocycles. The Morgan fingerprint density at radius 3 is 2.21 bits per heavy atom. The molecule has 1 atom stereocenters. The molecule has 4 nitrogen and oxygen atoms in total. The highest BCUT2D eigenvalue weighted by molar-refractivity contribution is 5.17. The molecule has 1 aromatic heterocycles. The van der Waals surface area contributed by atoms with E-state index in [2.05, 4.69) is 10.5 Å². The second-order valence-electron chi connectivity index (χ2n) is 7.45. The molecule has 4 heteroatoms. The maximum absolute atomic E-state index is 5.53. The Balaban J connectivity index is 1.49. The van der Waals surface area contributed by atoms with Crippen LogP contribution in [0.3, 0.4) is 0 Å². The van der Waals surface area contributed by atoms with Crippen molar-refractivity contribution in [2.45, 2.75) is 56.4 Å². The van der Waals surface area contributed by atoms with E-state index in [-0.39, 0.29) is 5.41 Å². The molecule has 6 rings (SSSR count). The summed E-state index contributed by atoms with van der Waals surface area (Å²) in [7, 11) is 0. The van der Waals surface area contributed by atoms with Gasteiger partial charge < -0.3 is 9.84 Å². The summed E-state index contributed by atoms with van der Waals surface area (Å²) in [6.45, 7) is 1.08. The summed E-state index contributed by atoms with van der Waals surface area (Å²) in [5.41, 5.74) is 0.278. The Labute approximate surface area is 113 Å². The highest BCUT2D eigenvalue weighted by Gasteiger charge is 2.54. The van der Waals surface area contributed by atoms with Gasteiger partial charge in [-0.1, -0.05) is 5.16 Å². The molecule has 0 radical (unpaired) electrons. The van der Waals surface area contributed by atoms with Crippen molar-refractivity contribution in [2.75, 3.05) is 6.54 Å². The van der Waals surface area contributed by atoms with E-state index >= 15 is 0 Å². The lowest BCUT2D eigenvalue weighted by Crippen LogP contribution is -2.49. The monoisotopic (exact) mass is 259 g/mol. The highest BCUT2D eigenvalue weighted by Crippen LogP contribution is 2.60. The van der Waals surface area contributed by atoms with Crippen molar-refractivity contribution in [3.8, 4) is 0 Å². The first kappa shape index (κ1) is 10.8. The molecule has 5 fully saturated rings. The van der Waals surface area contributed by atoms with Gasteiger partial charge in [0.25, 0.3) is 0 Å². The third kappa shape index (κ3) is 1.49. The van der Waals surface area contributed by atoms with Crippen molar-refractivity contribution < 1.29 is 4.52 Å². The summed E-state index contributed by atoms with van der Waals surface area (Å²) in [5.74, 6) is 4.69. The Morgan fingerprint density at radius 1 is 1.05 bits per heavy atom. The Hall–Kier alpha value is -0.900. The molecule has 0 amide bonds. The van der Waals surface area contributed by atoms with E-state index in [4.69, 9.17) is 9.51 Å². The van der Waals surface area contributed by atoms with Gasteiger partial charge in [-0.25, -0.2) is 0 Å². The largest absolute Gasteiger partial charge is 0.338 e. The summed E-state index contributed by atoms with van der Waals surface area (Å²) in [4.78, 5) is 4.78. The van der Waals surface area contributed by atoms with Crippen LogP contribution >= 0.6 is 0 Å². The molecule has 1 aliphatic heterocycles. The molecular weight excluding hydrogens is 238 g/mol. The van der Waals surface area contributed by atoms with Crippen LogP contribution in [0, 0.1) is 17.8 Å². The Bertz CT molecular complexity index is 470. The van der Waals surface area contributed by atoms with Gasteiger partial charge in [-0.05, 0) is 69.2 Å². The van der Waals surface area contributed by atoms with Gasteiger partial charge in [0.2, 0.25) is 5.89 Å². The highest BCUT2D eigenvalue weighted by atomic mass is 16.5. The molecule has 19 heavy (non-hydrogen) atoms. The predicted octanol–water partition coefficient (Wildman–Crippen LogP) is 2.57. The molecule has 1 saturated heterocycles. The molecule has 4 saturated carbocycles. The fourth-order valence-electron chi connectivity index (χ4n) is 5.48. The molecule has 102 valence electrons. The van der Waals surface area contributed by atoms with Crippen LogP contribution in [0.15, 0.2) is 4.52 Å². The van der Waals surface area contributed by atoms with Crippen molar-refractivity contribution in [3.63, 3.8) is 0 Å². The van der Waals surface area contributed by atoms with E-state index in [1.54, 1.807) is 0 Å². The van der Waals surface area contributed by atoms with Crippen LogP contribution < -0.4 is 5.32 Å².